The summed E-state index contributed by atoms with van der Waals surface area (Å²) >= 11 is 0. The first kappa shape index (κ1) is 9.96. The van der Waals surface area contributed by atoms with Gasteiger partial charge in [-0.05, 0) is 25.7 Å². The lowest BCUT2D eigenvalue weighted by Gasteiger charge is -2.47. The summed E-state index contributed by atoms with van der Waals surface area (Å²) < 4.78 is 0. The van der Waals surface area contributed by atoms with Crippen LogP contribution in [0, 0.1) is 0 Å². The summed E-state index contributed by atoms with van der Waals surface area (Å²) in [7, 11) is 0. The lowest BCUT2D eigenvalue weighted by molar-refractivity contribution is -0.144. The molecule has 4 heteroatoms. The Morgan fingerprint density at radius 2 is 1.75 bits per heavy atom. The summed E-state index contributed by atoms with van der Waals surface area (Å²) in [4.78, 5) is 11.3. The number of carbonyl (C=O) groups is 1. The number of Topliss-reactive ketones (excluding diaryl/α,β-unsaturated/α-hetero) is 1. The standard InChI is InChI=1S/C8H13NO2.ClH/c9-8-3-1-7(11,2-4-8)5-6(8)10;/h11H,1-5,9H2;1H. The summed E-state index contributed by atoms with van der Waals surface area (Å²) in [5, 5.41) is 9.73. The van der Waals surface area contributed by atoms with Gasteiger partial charge >= 0.3 is 0 Å². The number of nitrogens with two attached hydrogens (primary N) is 1. The molecule has 12 heavy (non-hydrogen) atoms. The minimum absolute atomic E-state index is 0. The van der Waals surface area contributed by atoms with Gasteiger partial charge in [0.25, 0.3) is 0 Å². The second-order valence-electron chi connectivity index (χ2n) is 3.98. The maximum atomic E-state index is 11.3. The maximum Gasteiger partial charge on any atom is 0.155 e. The van der Waals surface area contributed by atoms with Gasteiger partial charge in [-0.2, -0.15) is 0 Å². The first-order valence-corrected chi connectivity index (χ1v) is 4.09. The van der Waals surface area contributed by atoms with Gasteiger partial charge in [0.1, 0.15) is 0 Å². The minimum Gasteiger partial charge on any atom is -0.389 e. The molecule has 0 spiro atoms. The van der Waals surface area contributed by atoms with Crippen LogP contribution in [0.25, 0.3) is 0 Å². The number of rotatable bonds is 0. The van der Waals surface area contributed by atoms with Gasteiger partial charge in [-0.15, -0.1) is 12.4 Å². The molecule has 3 saturated carbocycles. The highest BCUT2D eigenvalue weighted by Gasteiger charge is 2.51. The van der Waals surface area contributed by atoms with Crippen molar-refractivity contribution in [3.63, 3.8) is 0 Å². The van der Waals surface area contributed by atoms with Gasteiger partial charge in [0.2, 0.25) is 0 Å². The summed E-state index contributed by atoms with van der Waals surface area (Å²) in [5.41, 5.74) is 4.56. The molecule has 0 aliphatic heterocycles. The van der Waals surface area contributed by atoms with Crippen LogP contribution in [-0.2, 0) is 4.79 Å². The van der Waals surface area contributed by atoms with E-state index in [4.69, 9.17) is 5.73 Å². The fraction of sp³-hybridized carbons (Fsp3) is 0.875. The van der Waals surface area contributed by atoms with E-state index in [1.807, 2.05) is 0 Å². The molecule has 3 nitrogen and oxygen atoms in total. The molecule has 0 aromatic carbocycles. The predicted octanol–water partition coefficient (Wildman–Crippen LogP) is 0.384. The highest BCUT2D eigenvalue weighted by atomic mass is 35.5. The van der Waals surface area contributed by atoms with Crippen LogP contribution < -0.4 is 5.73 Å². The Labute approximate surface area is 77.7 Å². The Hall–Kier alpha value is -0.120. The van der Waals surface area contributed by atoms with Crippen molar-refractivity contribution in [1.82, 2.24) is 0 Å². The number of carbonyl (C=O) groups excluding carboxylic acids is 1. The van der Waals surface area contributed by atoms with E-state index < -0.39 is 11.1 Å². The predicted molar refractivity (Wildman–Crippen MR) is 47.2 cm³/mol. The highest BCUT2D eigenvalue weighted by molar-refractivity contribution is 5.90. The topological polar surface area (TPSA) is 63.3 Å². The molecule has 0 aromatic heterocycles. The van der Waals surface area contributed by atoms with Crippen molar-refractivity contribution in [2.24, 2.45) is 5.73 Å². The lowest BCUT2D eigenvalue weighted by Crippen LogP contribution is -2.61. The van der Waals surface area contributed by atoms with E-state index in [-0.39, 0.29) is 24.6 Å². The number of aliphatic hydroxyl groups is 1. The van der Waals surface area contributed by atoms with Gasteiger partial charge in [0.05, 0.1) is 11.1 Å². The molecular formula is C8H14ClNO2. The number of fused-ring (bicyclic) bond motifs is 3. The Balaban J connectivity index is 0.000000720. The van der Waals surface area contributed by atoms with E-state index in [2.05, 4.69) is 0 Å². The van der Waals surface area contributed by atoms with Crippen LogP contribution in [0.5, 0.6) is 0 Å². The molecule has 0 unspecified atom stereocenters. The fourth-order valence-electron chi connectivity index (χ4n) is 2.09. The molecule has 3 fully saturated rings. The van der Waals surface area contributed by atoms with E-state index in [1.54, 1.807) is 0 Å². The number of ketones is 1. The third-order valence-electron chi connectivity index (χ3n) is 3.12. The van der Waals surface area contributed by atoms with E-state index in [1.165, 1.54) is 0 Å². The summed E-state index contributed by atoms with van der Waals surface area (Å²) in [6.45, 7) is 0. The molecule has 0 aromatic rings. The van der Waals surface area contributed by atoms with Gasteiger partial charge in [0, 0.05) is 6.42 Å². The molecule has 0 atom stereocenters. The van der Waals surface area contributed by atoms with Crippen LogP contribution in [0.3, 0.4) is 0 Å². The van der Waals surface area contributed by atoms with E-state index >= 15 is 0 Å². The monoisotopic (exact) mass is 191 g/mol. The van der Waals surface area contributed by atoms with E-state index in [0.717, 1.165) is 0 Å². The van der Waals surface area contributed by atoms with Crippen molar-refractivity contribution in [1.29, 1.82) is 0 Å². The fourth-order valence-corrected chi connectivity index (χ4v) is 2.09. The third-order valence-corrected chi connectivity index (χ3v) is 3.12. The van der Waals surface area contributed by atoms with Crippen molar-refractivity contribution in [2.45, 2.75) is 43.2 Å². The Morgan fingerprint density at radius 3 is 2.08 bits per heavy atom. The zero-order valence-corrected chi connectivity index (χ0v) is 7.69. The molecule has 3 rings (SSSR count). The zero-order valence-electron chi connectivity index (χ0n) is 6.88. The van der Waals surface area contributed by atoms with Crippen molar-refractivity contribution in [2.75, 3.05) is 0 Å². The van der Waals surface area contributed by atoms with Crippen LogP contribution >= 0.6 is 12.4 Å². The second-order valence-corrected chi connectivity index (χ2v) is 3.98. The number of hydrogen-bond acceptors (Lipinski definition) is 3. The molecule has 0 saturated heterocycles. The quantitative estimate of drug-likeness (QED) is 0.582. The molecular weight excluding hydrogens is 178 g/mol. The molecule has 2 bridgehead atoms. The lowest BCUT2D eigenvalue weighted by atomic mass is 9.63. The first-order valence-electron chi connectivity index (χ1n) is 4.09. The second kappa shape index (κ2) is 2.69. The number of hydrogen-bond donors (Lipinski definition) is 2. The van der Waals surface area contributed by atoms with Crippen molar-refractivity contribution in [3.8, 4) is 0 Å². The highest BCUT2D eigenvalue weighted by Crippen LogP contribution is 2.42. The molecule has 3 aliphatic rings. The smallest absolute Gasteiger partial charge is 0.155 e. The Morgan fingerprint density at radius 1 is 1.25 bits per heavy atom. The van der Waals surface area contributed by atoms with Crippen molar-refractivity contribution < 1.29 is 9.90 Å². The molecule has 3 N–H and O–H groups in total. The SMILES string of the molecule is Cl.NC12CCC(O)(CC1)CC2=O. The van der Waals surface area contributed by atoms with Crippen LogP contribution in [0.2, 0.25) is 0 Å². The average molecular weight is 192 g/mol. The van der Waals surface area contributed by atoms with E-state index in [0.29, 0.717) is 25.7 Å². The average Bonchev–Trinajstić information content (AvgIpc) is 1.94. The first-order chi connectivity index (χ1) is 5.04. The van der Waals surface area contributed by atoms with E-state index in [9.17, 15) is 9.90 Å². The minimum atomic E-state index is -0.696. The third kappa shape index (κ3) is 1.26. The van der Waals surface area contributed by atoms with Gasteiger partial charge in [-0.3, -0.25) is 4.79 Å². The molecule has 0 radical (unpaired) electrons. The van der Waals surface area contributed by atoms with Crippen molar-refractivity contribution >= 4 is 18.2 Å². The summed E-state index contributed by atoms with van der Waals surface area (Å²) in [6.07, 6.45) is 3.03. The molecule has 0 amide bonds. The zero-order chi connectivity index (χ0) is 8.11. The number of halogens is 1. The van der Waals surface area contributed by atoms with Gasteiger partial charge in [-0.1, -0.05) is 0 Å². The van der Waals surface area contributed by atoms with Crippen LogP contribution in [-0.4, -0.2) is 22.0 Å². The van der Waals surface area contributed by atoms with Crippen LogP contribution in [0.1, 0.15) is 32.1 Å². The summed E-state index contributed by atoms with van der Waals surface area (Å²) in [6, 6.07) is 0. The Kier molecular flexibility index (Phi) is 2.23. The normalized spacial score (nSPS) is 45.7. The van der Waals surface area contributed by atoms with Gasteiger partial charge in [-0.25, -0.2) is 0 Å². The van der Waals surface area contributed by atoms with Crippen LogP contribution in [0.15, 0.2) is 0 Å². The van der Waals surface area contributed by atoms with Gasteiger partial charge in [0.15, 0.2) is 5.78 Å². The van der Waals surface area contributed by atoms with Crippen LogP contribution in [0.4, 0.5) is 0 Å². The molecule has 3 aliphatic carbocycles. The Bertz CT molecular complexity index is 209. The molecule has 0 heterocycles. The maximum absolute atomic E-state index is 11.3. The summed E-state index contributed by atoms with van der Waals surface area (Å²) in [5.74, 6) is 0.0532. The largest absolute Gasteiger partial charge is 0.389 e. The van der Waals surface area contributed by atoms with Crippen molar-refractivity contribution in [3.05, 3.63) is 0 Å². The molecule has 70 valence electrons. The van der Waals surface area contributed by atoms with Gasteiger partial charge < -0.3 is 10.8 Å².